The number of fused-ring (bicyclic) bond motifs is 1. The summed E-state index contributed by atoms with van der Waals surface area (Å²) < 4.78 is 28.5. The molecule has 45 heavy (non-hydrogen) atoms. The normalized spacial score (nSPS) is 43.2. The van der Waals surface area contributed by atoms with Gasteiger partial charge in [0, 0.05) is 33.7 Å². The summed E-state index contributed by atoms with van der Waals surface area (Å²) in [7, 11) is 1.10. The van der Waals surface area contributed by atoms with Gasteiger partial charge in [-0.05, 0) is 18.9 Å². The maximum atomic E-state index is 14.4. The van der Waals surface area contributed by atoms with E-state index < -0.39 is 112 Å². The van der Waals surface area contributed by atoms with Gasteiger partial charge in [-0.15, -0.1) is 0 Å². The molecular formula is C32H42O13. The molecule has 0 aromatic heterocycles. The minimum Gasteiger partial charge on any atom is -0.467 e. The summed E-state index contributed by atoms with van der Waals surface area (Å²) in [5.41, 5.74) is -6.43. The highest BCUT2D eigenvalue weighted by Gasteiger charge is 2.78. The number of ketones is 1. The molecule has 4 aliphatic heterocycles. The summed E-state index contributed by atoms with van der Waals surface area (Å²) in [6.07, 6.45) is -8.16. The lowest BCUT2D eigenvalue weighted by Crippen LogP contribution is -2.70. The average Bonchev–Trinajstić information content (AvgIpc) is 3.25. The Labute approximate surface area is 260 Å². The number of Topliss-reactive ketones (excluding diaryl/α,β-unsaturated/α-hetero) is 1. The van der Waals surface area contributed by atoms with E-state index in [-0.39, 0.29) is 17.6 Å². The number of aliphatic hydroxyl groups is 3. The van der Waals surface area contributed by atoms with Gasteiger partial charge < -0.3 is 39.0 Å². The minimum atomic E-state index is -1.86. The van der Waals surface area contributed by atoms with Crippen LogP contribution in [0, 0.1) is 34.0 Å². The number of aliphatic hydroxyl groups excluding tert-OH is 3. The first-order valence-electron chi connectivity index (χ1n) is 15.2. The van der Waals surface area contributed by atoms with Crippen LogP contribution in [0.2, 0.25) is 0 Å². The largest absolute Gasteiger partial charge is 0.467 e. The van der Waals surface area contributed by atoms with Gasteiger partial charge in [-0.2, -0.15) is 0 Å². The Balaban J connectivity index is 1.79. The van der Waals surface area contributed by atoms with E-state index in [0.29, 0.717) is 6.42 Å². The fraction of sp³-hybridized carbons (Fsp3) is 0.719. The van der Waals surface area contributed by atoms with Crippen LogP contribution in [0.1, 0.15) is 60.8 Å². The third kappa shape index (κ3) is 4.37. The van der Waals surface area contributed by atoms with Crippen LogP contribution < -0.4 is 0 Å². The average molecular weight is 635 g/mol. The van der Waals surface area contributed by atoms with Crippen LogP contribution in [0.25, 0.3) is 0 Å². The zero-order chi connectivity index (χ0) is 33.6. The highest BCUT2D eigenvalue weighted by atomic mass is 16.6. The highest BCUT2D eigenvalue weighted by Crippen LogP contribution is 2.70. The Bertz CT molecular complexity index is 1380. The number of carbonyl (C=O) groups is 5. The van der Waals surface area contributed by atoms with Gasteiger partial charge in [0.15, 0.2) is 18.0 Å². The van der Waals surface area contributed by atoms with E-state index in [4.69, 9.17) is 23.7 Å². The first-order valence-corrected chi connectivity index (χ1v) is 15.2. The van der Waals surface area contributed by atoms with Crippen molar-refractivity contribution in [2.75, 3.05) is 7.11 Å². The van der Waals surface area contributed by atoms with Crippen LogP contribution >= 0.6 is 0 Å². The lowest BCUT2D eigenvalue weighted by atomic mass is 9.44. The Morgan fingerprint density at radius 3 is 2.31 bits per heavy atom. The van der Waals surface area contributed by atoms with Crippen LogP contribution in [-0.4, -0.2) is 94.5 Å². The lowest BCUT2D eigenvalue weighted by molar-refractivity contribution is -0.288. The summed E-state index contributed by atoms with van der Waals surface area (Å²) in [5, 5.41) is 33.5. The molecule has 6 aliphatic rings. The van der Waals surface area contributed by atoms with Gasteiger partial charge in [-0.1, -0.05) is 48.1 Å². The van der Waals surface area contributed by atoms with Crippen molar-refractivity contribution < 1.29 is 63.0 Å². The monoisotopic (exact) mass is 634 g/mol. The van der Waals surface area contributed by atoms with Crippen molar-refractivity contribution in [3.05, 3.63) is 23.8 Å². The molecule has 248 valence electrons. The predicted octanol–water partition coefficient (Wildman–Crippen LogP) is 0.908. The molecule has 5 fully saturated rings. The van der Waals surface area contributed by atoms with E-state index in [1.165, 1.54) is 0 Å². The van der Waals surface area contributed by atoms with Crippen molar-refractivity contribution in [2.45, 2.75) is 103 Å². The standard InChI is InChI=1S/C32H42O13/c1-9-13(2)26(38)44-21-23(37)29(4,5)22(20(36)28(40)41-8)31(7)16-11-30(6)24(15-10-17(33)43-27(15)39)42-18(34)12-32(30,45-25(21)31)14(3)19(16)35/h10,13,16-17,20-25,33,36-37H,3,9,11-12H2,1-2,4-8H3/t13?,16-,17?,20-,21-,22-,23+,24-,25-,30-,31+,32-/m0/s1. The fourth-order valence-corrected chi connectivity index (χ4v) is 8.83. The topological polar surface area (TPSA) is 192 Å². The molecule has 2 bridgehead atoms. The van der Waals surface area contributed by atoms with Gasteiger partial charge in [0.25, 0.3) is 0 Å². The molecule has 2 unspecified atom stereocenters. The van der Waals surface area contributed by atoms with Gasteiger partial charge in [0.05, 0.1) is 31.1 Å². The van der Waals surface area contributed by atoms with E-state index >= 15 is 0 Å². The molecule has 1 spiro atoms. The van der Waals surface area contributed by atoms with E-state index in [2.05, 4.69) is 6.58 Å². The quantitative estimate of drug-likeness (QED) is 0.212. The molecule has 3 saturated heterocycles. The van der Waals surface area contributed by atoms with Gasteiger partial charge in [-0.3, -0.25) is 14.4 Å². The van der Waals surface area contributed by atoms with E-state index in [0.717, 1.165) is 13.2 Å². The zero-order valence-corrected chi connectivity index (χ0v) is 26.5. The minimum absolute atomic E-state index is 0.0981. The van der Waals surface area contributed by atoms with Gasteiger partial charge in [-0.25, -0.2) is 9.59 Å². The summed E-state index contributed by atoms with van der Waals surface area (Å²) >= 11 is 0. The SMILES string of the molecule is C=C1C(=O)[C@@H]2C[C@@]3(C)[C@H](C4=CC(O)OC4=O)OC(=O)C[C@]13O[C@H]1[C@@H](OC(=O)C(C)CC)[C@@H](O)C(C)(C)[C@H]([C@H](O)C(=O)OC)[C@@]21C. The third-order valence-electron chi connectivity index (χ3n) is 11.5. The maximum Gasteiger partial charge on any atom is 0.340 e. The molecule has 13 heteroatoms. The summed E-state index contributed by atoms with van der Waals surface area (Å²) in [6, 6.07) is 0. The summed E-state index contributed by atoms with van der Waals surface area (Å²) in [5.74, 6) is -6.79. The number of carbonyl (C=O) groups excluding carboxylic acids is 5. The number of ether oxygens (including phenoxy) is 5. The van der Waals surface area contributed by atoms with Crippen LogP contribution in [-0.2, 0) is 47.7 Å². The van der Waals surface area contributed by atoms with Crippen LogP contribution in [0.5, 0.6) is 0 Å². The number of rotatable bonds is 6. The van der Waals surface area contributed by atoms with Crippen molar-refractivity contribution in [3.63, 3.8) is 0 Å². The molecular weight excluding hydrogens is 592 g/mol. The number of esters is 4. The molecule has 6 rings (SSSR count). The molecule has 0 aromatic rings. The number of cyclic esters (lactones) is 2. The Kier molecular flexibility index (Phi) is 7.91. The second-order valence-corrected chi connectivity index (χ2v) is 14.1. The Morgan fingerprint density at radius 2 is 1.76 bits per heavy atom. The number of hydrogen-bond donors (Lipinski definition) is 3. The maximum absolute atomic E-state index is 14.4. The van der Waals surface area contributed by atoms with Gasteiger partial charge in [0.1, 0.15) is 17.8 Å². The van der Waals surface area contributed by atoms with E-state index in [1.54, 1.807) is 41.5 Å². The smallest absolute Gasteiger partial charge is 0.340 e. The number of hydrogen-bond acceptors (Lipinski definition) is 13. The first kappa shape index (κ1) is 33.2. The third-order valence-corrected chi connectivity index (χ3v) is 11.5. The molecule has 0 radical (unpaired) electrons. The van der Waals surface area contributed by atoms with Crippen LogP contribution in [0.15, 0.2) is 23.8 Å². The molecule has 0 amide bonds. The Morgan fingerprint density at radius 1 is 1.11 bits per heavy atom. The second kappa shape index (κ2) is 10.7. The summed E-state index contributed by atoms with van der Waals surface area (Å²) in [4.78, 5) is 66.9. The zero-order valence-electron chi connectivity index (χ0n) is 26.5. The highest BCUT2D eigenvalue weighted by molar-refractivity contribution is 6.03. The number of methoxy groups -OCH3 is 1. The van der Waals surface area contributed by atoms with Crippen molar-refractivity contribution >= 4 is 29.7 Å². The Hall–Kier alpha value is -3.13. The first-order chi connectivity index (χ1) is 20.8. The molecule has 0 aromatic carbocycles. The van der Waals surface area contributed by atoms with Crippen molar-refractivity contribution in [3.8, 4) is 0 Å². The lowest BCUT2D eigenvalue weighted by Gasteiger charge is -2.60. The molecule has 12 atom stereocenters. The molecule has 13 nitrogen and oxygen atoms in total. The fourth-order valence-electron chi connectivity index (χ4n) is 8.83. The second-order valence-electron chi connectivity index (χ2n) is 14.1. The summed E-state index contributed by atoms with van der Waals surface area (Å²) in [6.45, 7) is 14.0. The molecule has 2 aliphatic carbocycles. The van der Waals surface area contributed by atoms with Crippen molar-refractivity contribution in [1.82, 2.24) is 0 Å². The van der Waals surface area contributed by atoms with Crippen LogP contribution in [0.4, 0.5) is 0 Å². The van der Waals surface area contributed by atoms with E-state index in [1.807, 2.05) is 0 Å². The van der Waals surface area contributed by atoms with Crippen LogP contribution in [0.3, 0.4) is 0 Å². The van der Waals surface area contributed by atoms with E-state index in [9.17, 15) is 39.3 Å². The van der Waals surface area contributed by atoms with Crippen molar-refractivity contribution in [2.24, 2.45) is 34.0 Å². The molecule has 4 heterocycles. The molecule has 3 N–H and O–H groups in total. The van der Waals surface area contributed by atoms with Crippen molar-refractivity contribution in [1.29, 1.82) is 0 Å². The predicted molar refractivity (Wildman–Crippen MR) is 151 cm³/mol. The molecule has 2 saturated carbocycles. The van der Waals surface area contributed by atoms with Gasteiger partial charge >= 0.3 is 23.9 Å². The van der Waals surface area contributed by atoms with Gasteiger partial charge in [0.2, 0.25) is 6.29 Å².